The van der Waals surface area contributed by atoms with Gasteiger partial charge in [-0.1, -0.05) is 36.4 Å². The number of rotatable bonds is 4. The van der Waals surface area contributed by atoms with Gasteiger partial charge in [-0.25, -0.2) is 0 Å². The van der Waals surface area contributed by atoms with Crippen molar-refractivity contribution in [3.63, 3.8) is 0 Å². The van der Waals surface area contributed by atoms with Gasteiger partial charge in [-0.3, -0.25) is 4.79 Å². The van der Waals surface area contributed by atoms with Crippen LogP contribution in [0.15, 0.2) is 48.5 Å². The molecule has 0 aliphatic heterocycles. The first kappa shape index (κ1) is 18.0. The summed E-state index contributed by atoms with van der Waals surface area (Å²) in [6.45, 7) is 8.30. The monoisotopic (exact) mass is 347 g/mol. The van der Waals surface area contributed by atoms with Crippen LogP contribution < -0.4 is 10.1 Å². The van der Waals surface area contributed by atoms with Crippen molar-refractivity contribution in [2.24, 2.45) is 0 Å². The molecule has 3 rings (SSSR count). The Morgan fingerprint density at radius 3 is 2.19 bits per heavy atom. The lowest BCUT2D eigenvalue weighted by atomic mass is 9.96. The zero-order valence-electron chi connectivity index (χ0n) is 16.0. The molecular formula is C23H25NO2. The number of benzene rings is 3. The van der Waals surface area contributed by atoms with Gasteiger partial charge in [-0.2, -0.15) is 0 Å². The number of carbonyl (C=O) groups is 1. The summed E-state index contributed by atoms with van der Waals surface area (Å²) >= 11 is 0. The van der Waals surface area contributed by atoms with Crippen LogP contribution in [0.2, 0.25) is 0 Å². The van der Waals surface area contributed by atoms with E-state index in [0.717, 1.165) is 16.3 Å². The largest absolute Gasteiger partial charge is 0.496 e. The predicted molar refractivity (Wildman–Crippen MR) is 107 cm³/mol. The highest BCUT2D eigenvalue weighted by Crippen LogP contribution is 2.27. The molecular weight excluding hydrogens is 322 g/mol. The third-order valence-electron chi connectivity index (χ3n) is 5.01. The fourth-order valence-corrected chi connectivity index (χ4v) is 3.37. The summed E-state index contributed by atoms with van der Waals surface area (Å²) in [5, 5.41) is 5.20. The minimum atomic E-state index is -0.127. The highest BCUT2D eigenvalue weighted by molar-refractivity contribution is 6.01. The Hall–Kier alpha value is -2.81. The molecule has 1 N–H and O–H groups in total. The summed E-state index contributed by atoms with van der Waals surface area (Å²) in [6.07, 6.45) is 0. The summed E-state index contributed by atoms with van der Waals surface area (Å²) in [5.41, 5.74) is 5.38. The van der Waals surface area contributed by atoms with Crippen LogP contribution in [-0.4, -0.2) is 13.0 Å². The second kappa shape index (κ2) is 7.20. The van der Waals surface area contributed by atoms with Gasteiger partial charge in [0.1, 0.15) is 5.75 Å². The summed E-state index contributed by atoms with van der Waals surface area (Å²) in [5.74, 6) is 0.461. The van der Waals surface area contributed by atoms with Gasteiger partial charge in [0.2, 0.25) is 0 Å². The summed E-state index contributed by atoms with van der Waals surface area (Å²) in [7, 11) is 1.60. The first-order valence-corrected chi connectivity index (χ1v) is 8.86. The van der Waals surface area contributed by atoms with E-state index in [-0.39, 0.29) is 11.9 Å². The first-order chi connectivity index (χ1) is 12.4. The van der Waals surface area contributed by atoms with Gasteiger partial charge < -0.3 is 10.1 Å². The maximum atomic E-state index is 12.9. The molecule has 3 heteroatoms. The van der Waals surface area contributed by atoms with Crippen LogP contribution in [0, 0.1) is 20.8 Å². The number of amides is 1. The minimum Gasteiger partial charge on any atom is -0.496 e. The number of ether oxygens (including phenoxy) is 1. The van der Waals surface area contributed by atoms with Gasteiger partial charge in [-0.15, -0.1) is 0 Å². The van der Waals surface area contributed by atoms with Crippen LogP contribution in [0.4, 0.5) is 0 Å². The molecule has 0 aromatic heterocycles. The van der Waals surface area contributed by atoms with Crippen LogP contribution in [0.3, 0.4) is 0 Å². The predicted octanol–water partition coefficient (Wildman–Crippen LogP) is 5.26. The van der Waals surface area contributed by atoms with E-state index in [4.69, 9.17) is 4.74 Å². The SMILES string of the molecule is COc1cc2ccccc2cc1C(=O)N[C@H](C)c1cc(C)c(C)cc1C. The van der Waals surface area contributed by atoms with E-state index >= 15 is 0 Å². The van der Waals surface area contributed by atoms with Gasteiger partial charge in [-0.05, 0) is 72.9 Å². The molecule has 3 nitrogen and oxygen atoms in total. The second-order valence-corrected chi connectivity index (χ2v) is 6.89. The molecule has 3 aromatic rings. The van der Waals surface area contributed by atoms with Gasteiger partial charge >= 0.3 is 0 Å². The van der Waals surface area contributed by atoms with Gasteiger partial charge in [0.15, 0.2) is 0 Å². The molecule has 0 unspecified atom stereocenters. The Labute approximate surface area is 155 Å². The molecule has 3 aromatic carbocycles. The normalized spacial score (nSPS) is 12.0. The summed E-state index contributed by atoms with van der Waals surface area (Å²) < 4.78 is 5.46. The van der Waals surface area contributed by atoms with E-state index in [1.165, 1.54) is 16.7 Å². The minimum absolute atomic E-state index is 0.0852. The number of aryl methyl sites for hydroxylation is 3. The number of methoxy groups -OCH3 is 1. The standard InChI is InChI=1S/C23H25NO2/c1-14-10-16(3)20(11-15(14)2)17(4)24-23(25)21-12-18-8-6-7-9-19(18)13-22(21)26-5/h6-13,17H,1-5H3,(H,24,25)/t17-/m1/s1. The Balaban J connectivity index is 1.92. The van der Waals surface area contributed by atoms with Crippen molar-refractivity contribution < 1.29 is 9.53 Å². The molecule has 0 fully saturated rings. The molecule has 134 valence electrons. The molecule has 0 heterocycles. The number of carbonyl (C=O) groups excluding carboxylic acids is 1. The Kier molecular flexibility index (Phi) is 4.99. The molecule has 0 spiro atoms. The quantitative estimate of drug-likeness (QED) is 0.699. The van der Waals surface area contributed by atoms with Crippen LogP contribution in [0.25, 0.3) is 10.8 Å². The molecule has 26 heavy (non-hydrogen) atoms. The fourth-order valence-electron chi connectivity index (χ4n) is 3.37. The van der Waals surface area contributed by atoms with E-state index in [2.05, 4.69) is 38.2 Å². The van der Waals surface area contributed by atoms with Crippen LogP contribution in [0.1, 0.15) is 45.6 Å². The average molecular weight is 347 g/mol. The maximum Gasteiger partial charge on any atom is 0.255 e. The van der Waals surface area contributed by atoms with Crippen molar-refractivity contribution in [3.05, 3.63) is 76.3 Å². The van der Waals surface area contributed by atoms with Crippen molar-refractivity contribution in [1.82, 2.24) is 5.32 Å². The molecule has 0 saturated carbocycles. The molecule has 0 aliphatic rings. The zero-order valence-corrected chi connectivity index (χ0v) is 16.0. The van der Waals surface area contributed by atoms with Crippen molar-refractivity contribution in [2.45, 2.75) is 33.7 Å². The van der Waals surface area contributed by atoms with Crippen molar-refractivity contribution in [2.75, 3.05) is 7.11 Å². The van der Waals surface area contributed by atoms with Crippen molar-refractivity contribution in [3.8, 4) is 5.75 Å². The summed E-state index contributed by atoms with van der Waals surface area (Å²) in [4.78, 5) is 12.9. The Morgan fingerprint density at radius 1 is 0.923 bits per heavy atom. The van der Waals surface area contributed by atoms with Crippen LogP contribution in [0.5, 0.6) is 5.75 Å². The summed E-state index contributed by atoms with van der Waals surface area (Å²) in [6, 6.07) is 16.0. The molecule has 0 saturated heterocycles. The van der Waals surface area contributed by atoms with Crippen LogP contribution >= 0.6 is 0 Å². The van der Waals surface area contributed by atoms with Gasteiger partial charge in [0.05, 0.1) is 18.7 Å². The zero-order chi connectivity index (χ0) is 18.8. The van der Waals surface area contributed by atoms with Gasteiger partial charge in [0, 0.05) is 0 Å². The van der Waals surface area contributed by atoms with Crippen LogP contribution in [-0.2, 0) is 0 Å². The molecule has 0 bridgehead atoms. The fraction of sp³-hybridized carbons (Fsp3) is 0.261. The molecule has 1 atom stereocenters. The van der Waals surface area contributed by atoms with E-state index in [1.807, 2.05) is 43.3 Å². The van der Waals surface area contributed by atoms with Gasteiger partial charge in [0.25, 0.3) is 5.91 Å². The highest BCUT2D eigenvalue weighted by atomic mass is 16.5. The van der Waals surface area contributed by atoms with Crippen molar-refractivity contribution in [1.29, 1.82) is 0 Å². The Bertz CT molecular complexity index is 975. The average Bonchev–Trinajstić information content (AvgIpc) is 2.63. The number of fused-ring (bicyclic) bond motifs is 1. The van der Waals surface area contributed by atoms with E-state index in [1.54, 1.807) is 7.11 Å². The second-order valence-electron chi connectivity index (χ2n) is 6.89. The molecule has 0 radical (unpaired) electrons. The first-order valence-electron chi connectivity index (χ1n) is 8.86. The third kappa shape index (κ3) is 3.43. The van der Waals surface area contributed by atoms with Crippen molar-refractivity contribution >= 4 is 16.7 Å². The smallest absolute Gasteiger partial charge is 0.255 e. The topological polar surface area (TPSA) is 38.3 Å². The third-order valence-corrected chi connectivity index (χ3v) is 5.01. The lowest BCUT2D eigenvalue weighted by molar-refractivity contribution is 0.0937. The number of nitrogens with one attached hydrogen (secondary N) is 1. The number of hydrogen-bond acceptors (Lipinski definition) is 2. The Morgan fingerprint density at radius 2 is 1.54 bits per heavy atom. The number of hydrogen-bond donors (Lipinski definition) is 1. The lowest BCUT2D eigenvalue weighted by Crippen LogP contribution is -2.27. The highest BCUT2D eigenvalue weighted by Gasteiger charge is 2.18. The lowest BCUT2D eigenvalue weighted by Gasteiger charge is -2.19. The molecule has 1 amide bonds. The van der Waals surface area contributed by atoms with E-state index < -0.39 is 0 Å². The maximum absolute atomic E-state index is 12.9. The van der Waals surface area contributed by atoms with E-state index in [0.29, 0.717) is 11.3 Å². The van der Waals surface area contributed by atoms with E-state index in [9.17, 15) is 4.79 Å². The molecule has 0 aliphatic carbocycles.